The Morgan fingerprint density at radius 2 is 1.78 bits per heavy atom. The Labute approximate surface area is 136 Å². The molecular weight excluding hydrogens is 296 g/mol. The lowest BCUT2D eigenvalue weighted by molar-refractivity contribution is -0.138. The average molecular weight is 320 g/mol. The highest BCUT2D eigenvalue weighted by molar-refractivity contribution is 5.97. The predicted molar refractivity (Wildman–Crippen MR) is 87.0 cm³/mol. The number of carboxylic acid groups (broad SMARTS) is 1. The van der Waals surface area contributed by atoms with Crippen molar-refractivity contribution in [3.05, 3.63) is 35.9 Å². The molecule has 0 heterocycles. The van der Waals surface area contributed by atoms with E-state index < -0.39 is 12.0 Å². The van der Waals surface area contributed by atoms with Crippen molar-refractivity contribution in [2.24, 2.45) is 5.92 Å². The molecule has 6 heteroatoms. The monoisotopic (exact) mass is 320 g/mol. The highest BCUT2D eigenvalue weighted by Crippen LogP contribution is 2.08. The number of nitrogens with zero attached hydrogens (tertiary/aromatic N) is 1. The second-order valence-electron chi connectivity index (χ2n) is 5.82. The van der Waals surface area contributed by atoms with Gasteiger partial charge in [-0.3, -0.25) is 14.4 Å². The molecule has 1 aromatic carbocycles. The normalized spacial score (nSPS) is 11.8. The van der Waals surface area contributed by atoms with Gasteiger partial charge in [0, 0.05) is 25.6 Å². The molecule has 1 atom stereocenters. The van der Waals surface area contributed by atoms with Crippen LogP contribution in [0.25, 0.3) is 0 Å². The van der Waals surface area contributed by atoms with Crippen LogP contribution >= 0.6 is 0 Å². The van der Waals surface area contributed by atoms with E-state index >= 15 is 0 Å². The van der Waals surface area contributed by atoms with E-state index in [1.165, 1.54) is 4.90 Å². The highest BCUT2D eigenvalue weighted by Gasteiger charge is 2.27. The Hall–Kier alpha value is -2.37. The van der Waals surface area contributed by atoms with Crippen LogP contribution in [-0.2, 0) is 9.59 Å². The number of hydrogen-bond donors (Lipinski definition) is 2. The first-order valence-electron chi connectivity index (χ1n) is 7.65. The Morgan fingerprint density at radius 1 is 1.17 bits per heavy atom. The average Bonchev–Trinajstić information content (AvgIpc) is 2.51. The highest BCUT2D eigenvalue weighted by atomic mass is 16.4. The van der Waals surface area contributed by atoms with Gasteiger partial charge in [0.25, 0.3) is 5.91 Å². The van der Waals surface area contributed by atoms with Gasteiger partial charge in [-0.1, -0.05) is 32.0 Å². The Bertz CT molecular complexity index is 543. The number of carbonyl (C=O) groups excluding carboxylic acids is 2. The largest absolute Gasteiger partial charge is 0.481 e. The fourth-order valence-electron chi connectivity index (χ4n) is 2.14. The van der Waals surface area contributed by atoms with Crippen LogP contribution in [0.1, 0.15) is 37.0 Å². The molecule has 0 aliphatic carbocycles. The fourth-order valence-corrected chi connectivity index (χ4v) is 2.14. The molecule has 0 aliphatic heterocycles. The standard InChI is InChI=1S/C17H24N2O4/c1-12(2)15(17(23)19(3)11-7-10-14(20)21)18-16(22)13-8-5-4-6-9-13/h4-6,8-9,12,15H,7,10-11H2,1-3H3,(H,18,22)(H,20,21). The van der Waals surface area contributed by atoms with Crippen LogP contribution in [0.3, 0.4) is 0 Å². The van der Waals surface area contributed by atoms with Crippen LogP contribution < -0.4 is 5.32 Å². The van der Waals surface area contributed by atoms with Gasteiger partial charge >= 0.3 is 5.97 Å². The molecule has 1 rings (SSSR count). The molecule has 126 valence electrons. The van der Waals surface area contributed by atoms with Crippen molar-refractivity contribution in [1.82, 2.24) is 10.2 Å². The molecule has 0 spiro atoms. The van der Waals surface area contributed by atoms with E-state index in [9.17, 15) is 14.4 Å². The molecule has 1 aromatic rings. The lowest BCUT2D eigenvalue weighted by atomic mass is 10.0. The number of amides is 2. The molecular formula is C17H24N2O4. The van der Waals surface area contributed by atoms with Crippen LogP contribution in [0.15, 0.2) is 30.3 Å². The van der Waals surface area contributed by atoms with Crippen LogP contribution in [0.5, 0.6) is 0 Å². The molecule has 2 amide bonds. The zero-order valence-corrected chi connectivity index (χ0v) is 13.8. The molecule has 0 saturated carbocycles. The quantitative estimate of drug-likeness (QED) is 0.764. The van der Waals surface area contributed by atoms with Crippen molar-refractivity contribution in [3.63, 3.8) is 0 Å². The fraction of sp³-hybridized carbons (Fsp3) is 0.471. The molecule has 0 fully saturated rings. The van der Waals surface area contributed by atoms with Gasteiger partial charge < -0.3 is 15.3 Å². The molecule has 6 nitrogen and oxygen atoms in total. The molecule has 0 aliphatic rings. The van der Waals surface area contributed by atoms with E-state index in [0.717, 1.165) is 0 Å². The molecule has 0 bridgehead atoms. The van der Waals surface area contributed by atoms with E-state index in [4.69, 9.17) is 5.11 Å². The Balaban J connectivity index is 2.68. The molecule has 2 N–H and O–H groups in total. The van der Waals surface area contributed by atoms with E-state index in [-0.39, 0.29) is 24.2 Å². The smallest absolute Gasteiger partial charge is 0.303 e. The lowest BCUT2D eigenvalue weighted by Crippen LogP contribution is -2.50. The number of hydrogen-bond acceptors (Lipinski definition) is 3. The maximum Gasteiger partial charge on any atom is 0.303 e. The number of rotatable bonds is 8. The van der Waals surface area contributed by atoms with Crippen molar-refractivity contribution in [2.75, 3.05) is 13.6 Å². The second kappa shape index (κ2) is 8.92. The first-order valence-corrected chi connectivity index (χ1v) is 7.65. The molecule has 1 unspecified atom stereocenters. The van der Waals surface area contributed by atoms with Gasteiger partial charge in [0.15, 0.2) is 0 Å². The van der Waals surface area contributed by atoms with Crippen LogP contribution in [0.2, 0.25) is 0 Å². The maximum absolute atomic E-state index is 12.5. The summed E-state index contributed by atoms with van der Waals surface area (Å²) in [5.41, 5.74) is 0.500. The summed E-state index contributed by atoms with van der Waals surface area (Å²) in [6.45, 7) is 4.06. The lowest BCUT2D eigenvalue weighted by Gasteiger charge is -2.27. The summed E-state index contributed by atoms with van der Waals surface area (Å²) in [7, 11) is 1.62. The van der Waals surface area contributed by atoms with Crippen molar-refractivity contribution in [3.8, 4) is 0 Å². The summed E-state index contributed by atoms with van der Waals surface area (Å²) in [6, 6.07) is 8.08. The molecule has 0 radical (unpaired) electrons. The zero-order valence-electron chi connectivity index (χ0n) is 13.8. The van der Waals surface area contributed by atoms with Crippen molar-refractivity contribution < 1.29 is 19.5 Å². The zero-order chi connectivity index (χ0) is 17.4. The van der Waals surface area contributed by atoms with Gasteiger partial charge in [-0.15, -0.1) is 0 Å². The topological polar surface area (TPSA) is 86.7 Å². The van der Waals surface area contributed by atoms with Gasteiger partial charge in [-0.2, -0.15) is 0 Å². The summed E-state index contributed by atoms with van der Waals surface area (Å²) in [4.78, 5) is 36.7. The number of carbonyl (C=O) groups is 3. The second-order valence-corrected chi connectivity index (χ2v) is 5.82. The summed E-state index contributed by atoms with van der Waals surface area (Å²) in [6.07, 6.45) is 0.398. The number of nitrogens with one attached hydrogen (secondary N) is 1. The molecule has 0 saturated heterocycles. The first kappa shape index (κ1) is 18.7. The molecule has 23 heavy (non-hydrogen) atoms. The van der Waals surface area contributed by atoms with Crippen molar-refractivity contribution in [2.45, 2.75) is 32.7 Å². The predicted octanol–water partition coefficient (Wildman–Crippen LogP) is 1.76. The maximum atomic E-state index is 12.5. The van der Waals surface area contributed by atoms with Gasteiger partial charge in [-0.05, 0) is 24.5 Å². The van der Waals surface area contributed by atoms with Crippen LogP contribution in [-0.4, -0.2) is 47.4 Å². The summed E-state index contributed by atoms with van der Waals surface area (Å²) in [5, 5.41) is 11.4. The van der Waals surface area contributed by atoms with Gasteiger partial charge in [-0.25, -0.2) is 0 Å². The number of aliphatic carboxylic acids is 1. The summed E-state index contributed by atoms with van der Waals surface area (Å²) in [5.74, 6) is -1.47. The Kier molecular flexibility index (Phi) is 7.25. The minimum atomic E-state index is -0.886. The Morgan fingerprint density at radius 3 is 2.30 bits per heavy atom. The van der Waals surface area contributed by atoms with Gasteiger partial charge in [0.05, 0.1) is 0 Å². The number of benzene rings is 1. The van der Waals surface area contributed by atoms with Crippen molar-refractivity contribution >= 4 is 17.8 Å². The van der Waals surface area contributed by atoms with Crippen LogP contribution in [0, 0.1) is 5.92 Å². The SMILES string of the molecule is CC(C)C(NC(=O)c1ccccc1)C(=O)N(C)CCCC(=O)O. The van der Waals surface area contributed by atoms with E-state index in [1.807, 2.05) is 19.9 Å². The van der Waals surface area contributed by atoms with E-state index in [0.29, 0.717) is 18.5 Å². The third-order valence-corrected chi connectivity index (χ3v) is 3.52. The summed E-state index contributed by atoms with van der Waals surface area (Å²) >= 11 is 0. The van der Waals surface area contributed by atoms with Crippen LogP contribution in [0.4, 0.5) is 0 Å². The third kappa shape index (κ3) is 6.10. The minimum Gasteiger partial charge on any atom is -0.481 e. The molecule has 0 aromatic heterocycles. The van der Waals surface area contributed by atoms with E-state index in [2.05, 4.69) is 5.32 Å². The van der Waals surface area contributed by atoms with Gasteiger partial charge in [0.1, 0.15) is 6.04 Å². The van der Waals surface area contributed by atoms with Gasteiger partial charge in [0.2, 0.25) is 5.91 Å². The van der Waals surface area contributed by atoms with Crippen molar-refractivity contribution in [1.29, 1.82) is 0 Å². The number of likely N-dealkylation sites (N-methyl/N-ethyl adjacent to an activating group) is 1. The number of carboxylic acids is 1. The third-order valence-electron chi connectivity index (χ3n) is 3.52. The minimum absolute atomic E-state index is 0.0142. The summed E-state index contributed by atoms with van der Waals surface area (Å²) < 4.78 is 0. The first-order chi connectivity index (χ1) is 10.8. The van der Waals surface area contributed by atoms with E-state index in [1.54, 1.807) is 31.3 Å².